The van der Waals surface area contributed by atoms with Crippen molar-refractivity contribution < 1.29 is 18.7 Å². The predicted molar refractivity (Wildman–Crippen MR) is 77.6 cm³/mol. The molecule has 1 aromatic carbocycles. The van der Waals surface area contributed by atoms with Crippen molar-refractivity contribution in [3.05, 3.63) is 35.1 Å². The Morgan fingerprint density at radius 1 is 1.43 bits per heavy atom. The van der Waals surface area contributed by atoms with Crippen LogP contribution in [0.5, 0.6) is 0 Å². The van der Waals surface area contributed by atoms with Crippen molar-refractivity contribution in [1.82, 2.24) is 4.90 Å². The topological polar surface area (TPSA) is 38.8 Å². The normalized spacial score (nSPS) is 19.5. The summed E-state index contributed by atoms with van der Waals surface area (Å²) in [6.45, 7) is 3.44. The van der Waals surface area contributed by atoms with Crippen LogP contribution >= 0.6 is 0 Å². The number of likely N-dealkylation sites (tertiary alicyclic amines) is 1. The zero-order chi connectivity index (χ0) is 15.2. The van der Waals surface area contributed by atoms with E-state index < -0.39 is 11.8 Å². The Hall–Kier alpha value is -1.46. The predicted octanol–water partition coefficient (Wildman–Crippen LogP) is 2.47. The number of hydrogen-bond acceptors (Lipinski definition) is 4. The van der Waals surface area contributed by atoms with Crippen LogP contribution in [-0.2, 0) is 16.0 Å². The second-order valence-corrected chi connectivity index (χ2v) is 5.50. The maximum Gasteiger partial charge on any atom is 0.340 e. The molecule has 0 amide bonds. The molecule has 0 radical (unpaired) electrons. The van der Waals surface area contributed by atoms with Gasteiger partial charge in [0.25, 0.3) is 0 Å². The smallest absolute Gasteiger partial charge is 0.340 e. The fourth-order valence-electron chi connectivity index (χ4n) is 2.86. The van der Waals surface area contributed by atoms with Crippen LogP contribution in [0.25, 0.3) is 0 Å². The van der Waals surface area contributed by atoms with Gasteiger partial charge in [-0.1, -0.05) is 6.07 Å². The minimum Gasteiger partial charge on any atom is -0.465 e. The molecule has 116 valence electrons. The summed E-state index contributed by atoms with van der Waals surface area (Å²) in [7, 11) is 2.97. The molecule has 1 unspecified atom stereocenters. The van der Waals surface area contributed by atoms with Gasteiger partial charge in [0.05, 0.1) is 19.3 Å². The highest BCUT2D eigenvalue weighted by Crippen LogP contribution is 2.20. The number of benzene rings is 1. The molecule has 2 rings (SSSR count). The number of rotatable bonds is 5. The molecule has 1 atom stereocenters. The fourth-order valence-corrected chi connectivity index (χ4v) is 2.86. The van der Waals surface area contributed by atoms with Crippen LogP contribution in [0.4, 0.5) is 4.39 Å². The Balaban J connectivity index is 1.99. The van der Waals surface area contributed by atoms with E-state index in [-0.39, 0.29) is 5.56 Å². The molecule has 1 heterocycles. The molecule has 1 aromatic rings. The molecule has 1 aliphatic heterocycles. The van der Waals surface area contributed by atoms with Gasteiger partial charge in [0, 0.05) is 20.2 Å². The maximum atomic E-state index is 13.9. The molecule has 0 spiro atoms. The first-order valence-electron chi connectivity index (χ1n) is 7.22. The van der Waals surface area contributed by atoms with Gasteiger partial charge in [-0.15, -0.1) is 0 Å². The number of hydrogen-bond donors (Lipinski definition) is 0. The van der Waals surface area contributed by atoms with Crippen LogP contribution in [-0.4, -0.2) is 44.8 Å². The first-order chi connectivity index (χ1) is 10.1. The maximum absolute atomic E-state index is 13.9. The Morgan fingerprint density at radius 3 is 2.90 bits per heavy atom. The average Bonchev–Trinajstić information content (AvgIpc) is 2.47. The third-order valence-corrected chi connectivity index (χ3v) is 3.85. The lowest BCUT2D eigenvalue weighted by atomic mass is 9.98. The first-order valence-corrected chi connectivity index (χ1v) is 7.22. The number of carbonyl (C=O) groups excluding carboxylic acids is 1. The number of carbonyl (C=O) groups is 1. The lowest BCUT2D eigenvalue weighted by Crippen LogP contribution is -2.36. The molecular weight excluding hydrogens is 273 g/mol. The summed E-state index contributed by atoms with van der Waals surface area (Å²) in [5, 5.41) is 0. The molecule has 1 aliphatic rings. The van der Waals surface area contributed by atoms with Gasteiger partial charge < -0.3 is 9.47 Å². The summed E-state index contributed by atoms with van der Waals surface area (Å²) in [5.41, 5.74) is 0.857. The monoisotopic (exact) mass is 295 g/mol. The zero-order valence-corrected chi connectivity index (χ0v) is 12.6. The van der Waals surface area contributed by atoms with Gasteiger partial charge in [0.2, 0.25) is 0 Å². The number of methoxy groups -OCH3 is 2. The molecule has 0 aliphatic carbocycles. The van der Waals surface area contributed by atoms with E-state index in [0.29, 0.717) is 12.5 Å². The summed E-state index contributed by atoms with van der Waals surface area (Å²) in [5.74, 6) is -0.620. The highest BCUT2D eigenvalue weighted by molar-refractivity contribution is 5.89. The SMILES string of the molecule is COCC1CCCN(Cc2ccc(C(=O)OC)c(F)c2)C1. The van der Waals surface area contributed by atoms with E-state index in [1.165, 1.54) is 25.7 Å². The number of piperidine rings is 1. The van der Waals surface area contributed by atoms with Crippen molar-refractivity contribution in [3.63, 3.8) is 0 Å². The van der Waals surface area contributed by atoms with E-state index in [4.69, 9.17) is 4.74 Å². The quantitative estimate of drug-likeness (QED) is 0.782. The Kier molecular flexibility index (Phi) is 5.70. The molecule has 0 saturated carbocycles. The lowest BCUT2D eigenvalue weighted by Gasteiger charge is -2.32. The number of halogens is 1. The van der Waals surface area contributed by atoms with Crippen molar-refractivity contribution in [3.8, 4) is 0 Å². The zero-order valence-electron chi connectivity index (χ0n) is 12.6. The van der Waals surface area contributed by atoms with Crippen LogP contribution in [0, 0.1) is 11.7 Å². The van der Waals surface area contributed by atoms with E-state index >= 15 is 0 Å². The molecule has 4 nitrogen and oxygen atoms in total. The molecule has 1 saturated heterocycles. The molecule has 21 heavy (non-hydrogen) atoms. The molecule has 0 aromatic heterocycles. The van der Waals surface area contributed by atoms with E-state index in [1.807, 2.05) is 0 Å². The van der Waals surface area contributed by atoms with Crippen molar-refractivity contribution in [2.75, 3.05) is 33.9 Å². The summed E-state index contributed by atoms with van der Waals surface area (Å²) < 4.78 is 23.7. The highest BCUT2D eigenvalue weighted by Gasteiger charge is 2.20. The van der Waals surface area contributed by atoms with Crippen molar-refractivity contribution in [2.24, 2.45) is 5.92 Å². The van der Waals surface area contributed by atoms with E-state index in [2.05, 4.69) is 9.64 Å². The van der Waals surface area contributed by atoms with Gasteiger partial charge in [0.15, 0.2) is 0 Å². The second kappa shape index (κ2) is 7.52. The van der Waals surface area contributed by atoms with Crippen LogP contribution in [0.15, 0.2) is 18.2 Å². The van der Waals surface area contributed by atoms with Crippen LogP contribution in [0.2, 0.25) is 0 Å². The molecule has 1 fully saturated rings. The first kappa shape index (κ1) is 15.9. The Morgan fingerprint density at radius 2 is 2.24 bits per heavy atom. The van der Waals surface area contributed by atoms with Gasteiger partial charge in [-0.05, 0) is 43.0 Å². The van der Waals surface area contributed by atoms with Crippen molar-refractivity contribution >= 4 is 5.97 Å². The van der Waals surface area contributed by atoms with Crippen LogP contribution in [0.3, 0.4) is 0 Å². The third kappa shape index (κ3) is 4.25. The largest absolute Gasteiger partial charge is 0.465 e. The summed E-state index contributed by atoms with van der Waals surface area (Å²) >= 11 is 0. The summed E-state index contributed by atoms with van der Waals surface area (Å²) in [4.78, 5) is 13.7. The van der Waals surface area contributed by atoms with Crippen molar-refractivity contribution in [2.45, 2.75) is 19.4 Å². The van der Waals surface area contributed by atoms with E-state index in [0.717, 1.165) is 31.7 Å². The second-order valence-electron chi connectivity index (χ2n) is 5.50. The molecular formula is C16H22FNO3. The highest BCUT2D eigenvalue weighted by atomic mass is 19.1. The summed E-state index contributed by atoms with van der Waals surface area (Å²) in [6, 6.07) is 4.70. The molecule has 0 N–H and O–H groups in total. The average molecular weight is 295 g/mol. The van der Waals surface area contributed by atoms with Gasteiger partial charge in [-0.25, -0.2) is 9.18 Å². The van der Waals surface area contributed by atoms with Crippen LogP contribution < -0.4 is 0 Å². The number of ether oxygens (including phenoxy) is 2. The van der Waals surface area contributed by atoms with Gasteiger partial charge in [-0.2, -0.15) is 0 Å². The Bertz CT molecular complexity index is 490. The van der Waals surface area contributed by atoms with E-state index in [9.17, 15) is 9.18 Å². The standard InChI is InChI=1S/C16H22FNO3/c1-20-11-13-4-3-7-18(10-13)9-12-5-6-14(15(17)8-12)16(19)21-2/h5-6,8,13H,3-4,7,9-11H2,1-2H3. The minimum atomic E-state index is -0.641. The molecule has 0 bridgehead atoms. The van der Waals surface area contributed by atoms with Gasteiger partial charge in [-0.3, -0.25) is 4.90 Å². The number of esters is 1. The molecule has 5 heteroatoms. The van der Waals surface area contributed by atoms with Gasteiger partial charge >= 0.3 is 5.97 Å². The minimum absolute atomic E-state index is 0.0165. The summed E-state index contributed by atoms with van der Waals surface area (Å²) in [6.07, 6.45) is 2.32. The fraction of sp³-hybridized carbons (Fsp3) is 0.562. The van der Waals surface area contributed by atoms with Gasteiger partial charge in [0.1, 0.15) is 5.82 Å². The Labute approximate surface area is 124 Å². The number of nitrogens with zero attached hydrogens (tertiary/aromatic N) is 1. The van der Waals surface area contributed by atoms with E-state index in [1.54, 1.807) is 13.2 Å². The lowest BCUT2D eigenvalue weighted by molar-refractivity contribution is 0.0595. The van der Waals surface area contributed by atoms with Crippen molar-refractivity contribution in [1.29, 1.82) is 0 Å². The third-order valence-electron chi connectivity index (χ3n) is 3.85. The van der Waals surface area contributed by atoms with Crippen LogP contribution in [0.1, 0.15) is 28.8 Å².